The zero-order valence-corrected chi connectivity index (χ0v) is 9.39. The highest BCUT2D eigenvalue weighted by Crippen LogP contribution is 2.10. The van der Waals surface area contributed by atoms with Crippen molar-refractivity contribution in [3.8, 4) is 0 Å². The van der Waals surface area contributed by atoms with Gasteiger partial charge >= 0.3 is 0 Å². The van der Waals surface area contributed by atoms with Gasteiger partial charge in [0.05, 0.1) is 0 Å². The molecule has 1 heterocycles. The Balaban J connectivity index is 2.41. The molecule has 1 atom stereocenters. The summed E-state index contributed by atoms with van der Waals surface area (Å²) >= 11 is 0. The highest BCUT2D eigenvalue weighted by atomic mass is 32.2. The van der Waals surface area contributed by atoms with Crippen LogP contribution in [0.25, 0.3) is 0 Å². The second kappa shape index (κ2) is 5.06. The molecule has 0 aliphatic carbocycles. The van der Waals surface area contributed by atoms with Crippen LogP contribution in [-0.2, 0) is 10.2 Å². The molecule has 5 nitrogen and oxygen atoms in total. The summed E-state index contributed by atoms with van der Waals surface area (Å²) in [6, 6.07) is -0.0904. The van der Waals surface area contributed by atoms with E-state index in [4.69, 9.17) is 5.73 Å². The minimum absolute atomic E-state index is 0.0904. The van der Waals surface area contributed by atoms with E-state index in [-0.39, 0.29) is 6.04 Å². The third-order valence-corrected chi connectivity index (χ3v) is 4.03. The first-order valence-electron chi connectivity index (χ1n) is 5.06. The predicted octanol–water partition coefficient (Wildman–Crippen LogP) is -0.346. The molecule has 1 fully saturated rings. The lowest BCUT2D eigenvalue weighted by atomic mass is 10.2. The molecule has 0 spiro atoms. The van der Waals surface area contributed by atoms with Gasteiger partial charge in [-0.1, -0.05) is 6.92 Å². The number of rotatable bonds is 5. The fraction of sp³-hybridized carbons (Fsp3) is 1.00. The Bertz CT molecular complexity index is 260. The Hall–Kier alpha value is -0.170. The van der Waals surface area contributed by atoms with E-state index < -0.39 is 10.2 Å². The van der Waals surface area contributed by atoms with Crippen LogP contribution >= 0.6 is 0 Å². The van der Waals surface area contributed by atoms with Gasteiger partial charge in [0.2, 0.25) is 0 Å². The first kappa shape index (κ1) is 11.9. The predicted molar refractivity (Wildman–Crippen MR) is 56.0 cm³/mol. The monoisotopic (exact) mass is 221 g/mol. The maximum Gasteiger partial charge on any atom is 0.279 e. The first-order valence-corrected chi connectivity index (χ1v) is 6.50. The number of nitrogens with one attached hydrogen (secondary N) is 1. The lowest BCUT2D eigenvalue weighted by molar-refractivity contribution is 0.460. The molecule has 0 saturated carbocycles. The topological polar surface area (TPSA) is 75.4 Å². The van der Waals surface area contributed by atoms with E-state index in [9.17, 15) is 8.42 Å². The molecule has 0 radical (unpaired) electrons. The van der Waals surface area contributed by atoms with Gasteiger partial charge < -0.3 is 5.73 Å². The molecule has 3 N–H and O–H groups in total. The highest BCUT2D eigenvalue weighted by Gasteiger charge is 2.24. The van der Waals surface area contributed by atoms with E-state index in [1.54, 1.807) is 0 Å². The van der Waals surface area contributed by atoms with Gasteiger partial charge in [0.1, 0.15) is 0 Å². The summed E-state index contributed by atoms with van der Waals surface area (Å²) in [7, 11) is -3.26. The van der Waals surface area contributed by atoms with Crippen molar-refractivity contribution in [3.05, 3.63) is 0 Å². The number of nitrogens with two attached hydrogens (primary N) is 1. The van der Waals surface area contributed by atoms with Crippen molar-refractivity contribution in [2.45, 2.75) is 32.2 Å². The summed E-state index contributed by atoms with van der Waals surface area (Å²) in [6.07, 6.45) is 2.70. The third-order valence-electron chi connectivity index (χ3n) is 2.46. The lowest BCUT2D eigenvalue weighted by Crippen LogP contribution is -2.44. The van der Waals surface area contributed by atoms with Crippen LogP contribution in [0.15, 0.2) is 0 Å². The fourth-order valence-corrected chi connectivity index (χ4v) is 2.72. The average Bonchev–Trinajstić information content (AvgIpc) is 2.67. The minimum Gasteiger partial charge on any atom is -0.327 e. The van der Waals surface area contributed by atoms with Gasteiger partial charge in [-0.3, -0.25) is 0 Å². The Kier molecular flexibility index (Phi) is 4.31. The summed E-state index contributed by atoms with van der Waals surface area (Å²) in [6.45, 7) is 3.54. The second-order valence-electron chi connectivity index (χ2n) is 3.63. The van der Waals surface area contributed by atoms with Crippen molar-refractivity contribution < 1.29 is 8.42 Å². The van der Waals surface area contributed by atoms with Crippen LogP contribution in [0, 0.1) is 0 Å². The SMILES string of the molecule is CCC(N)CNS(=O)(=O)N1CCCC1. The molecular formula is C8H19N3O2S. The summed E-state index contributed by atoms with van der Waals surface area (Å²) in [5, 5.41) is 0. The average molecular weight is 221 g/mol. The maximum absolute atomic E-state index is 11.6. The van der Waals surface area contributed by atoms with Crippen molar-refractivity contribution in [3.63, 3.8) is 0 Å². The van der Waals surface area contributed by atoms with Crippen LogP contribution in [-0.4, -0.2) is 38.4 Å². The molecule has 1 saturated heterocycles. The van der Waals surface area contributed by atoms with Crippen LogP contribution in [0.4, 0.5) is 0 Å². The van der Waals surface area contributed by atoms with E-state index in [0.29, 0.717) is 19.6 Å². The van der Waals surface area contributed by atoms with E-state index in [1.165, 1.54) is 4.31 Å². The van der Waals surface area contributed by atoms with Crippen LogP contribution in [0.1, 0.15) is 26.2 Å². The highest BCUT2D eigenvalue weighted by molar-refractivity contribution is 7.87. The quantitative estimate of drug-likeness (QED) is 0.666. The first-order chi connectivity index (χ1) is 6.56. The number of nitrogens with zero attached hydrogens (tertiary/aromatic N) is 1. The molecule has 0 aromatic carbocycles. The number of hydrogen-bond donors (Lipinski definition) is 2. The molecule has 84 valence electrons. The fourth-order valence-electron chi connectivity index (χ4n) is 1.38. The minimum atomic E-state index is -3.26. The molecule has 1 aliphatic rings. The van der Waals surface area contributed by atoms with Crippen LogP contribution in [0.3, 0.4) is 0 Å². The molecule has 1 unspecified atom stereocenters. The van der Waals surface area contributed by atoms with E-state index in [1.807, 2.05) is 6.92 Å². The Morgan fingerprint density at radius 3 is 2.50 bits per heavy atom. The summed E-state index contributed by atoms with van der Waals surface area (Å²) in [4.78, 5) is 0. The van der Waals surface area contributed by atoms with Gasteiger partial charge in [0, 0.05) is 25.7 Å². The van der Waals surface area contributed by atoms with E-state index in [0.717, 1.165) is 19.3 Å². The summed E-state index contributed by atoms with van der Waals surface area (Å²) in [5.41, 5.74) is 5.63. The molecule has 0 amide bonds. The van der Waals surface area contributed by atoms with Gasteiger partial charge in [0.25, 0.3) is 10.2 Å². The standard InChI is InChI=1S/C8H19N3O2S/c1-2-8(9)7-10-14(12,13)11-5-3-4-6-11/h8,10H,2-7,9H2,1H3. The van der Waals surface area contributed by atoms with Gasteiger partial charge in [0.15, 0.2) is 0 Å². The Labute approximate surface area is 85.8 Å². The molecule has 6 heteroatoms. The Morgan fingerprint density at radius 1 is 1.43 bits per heavy atom. The molecule has 1 rings (SSSR count). The summed E-state index contributed by atoms with van der Waals surface area (Å²) < 4.78 is 27.2. The van der Waals surface area contributed by atoms with E-state index in [2.05, 4.69) is 4.72 Å². The lowest BCUT2D eigenvalue weighted by Gasteiger charge is -2.17. The van der Waals surface area contributed by atoms with Crippen molar-refractivity contribution in [1.82, 2.24) is 9.03 Å². The van der Waals surface area contributed by atoms with Gasteiger partial charge in [-0.15, -0.1) is 0 Å². The molecular weight excluding hydrogens is 202 g/mol. The second-order valence-corrected chi connectivity index (χ2v) is 5.38. The largest absolute Gasteiger partial charge is 0.327 e. The van der Waals surface area contributed by atoms with Gasteiger partial charge in [-0.05, 0) is 19.3 Å². The zero-order chi connectivity index (χ0) is 10.6. The third kappa shape index (κ3) is 3.20. The van der Waals surface area contributed by atoms with Crippen molar-refractivity contribution in [1.29, 1.82) is 0 Å². The van der Waals surface area contributed by atoms with Crippen molar-refractivity contribution in [2.24, 2.45) is 5.73 Å². The van der Waals surface area contributed by atoms with Crippen molar-refractivity contribution >= 4 is 10.2 Å². The maximum atomic E-state index is 11.6. The molecule has 0 aromatic rings. The summed E-state index contributed by atoms with van der Waals surface area (Å²) in [5.74, 6) is 0. The van der Waals surface area contributed by atoms with Crippen molar-refractivity contribution in [2.75, 3.05) is 19.6 Å². The normalized spacial score (nSPS) is 21.3. The zero-order valence-electron chi connectivity index (χ0n) is 8.57. The van der Waals surface area contributed by atoms with Crippen LogP contribution in [0.5, 0.6) is 0 Å². The molecule has 0 aromatic heterocycles. The molecule has 1 aliphatic heterocycles. The van der Waals surface area contributed by atoms with Crippen LogP contribution < -0.4 is 10.5 Å². The molecule has 14 heavy (non-hydrogen) atoms. The smallest absolute Gasteiger partial charge is 0.279 e. The van der Waals surface area contributed by atoms with Gasteiger partial charge in [-0.2, -0.15) is 12.7 Å². The van der Waals surface area contributed by atoms with Crippen LogP contribution in [0.2, 0.25) is 0 Å². The Morgan fingerprint density at radius 2 is 2.00 bits per heavy atom. The number of hydrogen-bond acceptors (Lipinski definition) is 3. The molecule has 0 bridgehead atoms. The van der Waals surface area contributed by atoms with E-state index >= 15 is 0 Å². The van der Waals surface area contributed by atoms with Gasteiger partial charge in [-0.25, -0.2) is 4.72 Å².